The SMILES string of the molecule is Cc1cc(C)c(C(N)c2ccc(Br)c(F)c2)cc1C. The summed E-state index contributed by atoms with van der Waals surface area (Å²) in [6.45, 7) is 6.18. The molecule has 0 aliphatic heterocycles. The molecular weight excluding hydrogens is 305 g/mol. The van der Waals surface area contributed by atoms with E-state index in [4.69, 9.17) is 5.73 Å². The maximum absolute atomic E-state index is 13.6. The van der Waals surface area contributed by atoms with Gasteiger partial charge in [-0.1, -0.05) is 18.2 Å². The molecule has 2 aromatic carbocycles. The van der Waals surface area contributed by atoms with Gasteiger partial charge >= 0.3 is 0 Å². The second-order valence-corrected chi connectivity index (χ2v) is 5.80. The molecule has 0 bridgehead atoms. The van der Waals surface area contributed by atoms with Crippen molar-refractivity contribution in [2.75, 3.05) is 0 Å². The van der Waals surface area contributed by atoms with Gasteiger partial charge in [0.05, 0.1) is 10.5 Å². The maximum Gasteiger partial charge on any atom is 0.137 e. The summed E-state index contributed by atoms with van der Waals surface area (Å²) in [5.41, 5.74) is 11.7. The Balaban J connectivity index is 2.46. The lowest BCUT2D eigenvalue weighted by Crippen LogP contribution is -2.14. The number of hydrogen-bond acceptors (Lipinski definition) is 1. The minimum absolute atomic E-state index is 0.283. The monoisotopic (exact) mass is 321 g/mol. The minimum Gasteiger partial charge on any atom is -0.320 e. The van der Waals surface area contributed by atoms with E-state index in [9.17, 15) is 4.39 Å². The Labute approximate surface area is 121 Å². The number of aryl methyl sites for hydroxylation is 3. The van der Waals surface area contributed by atoms with Gasteiger partial charge in [0.2, 0.25) is 0 Å². The van der Waals surface area contributed by atoms with Crippen molar-refractivity contribution in [2.24, 2.45) is 5.73 Å². The zero-order chi connectivity index (χ0) is 14.2. The van der Waals surface area contributed by atoms with Crippen LogP contribution in [0.2, 0.25) is 0 Å². The molecule has 0 saturated carbocycles. The van der Waals surface area contributed by atoms with Crippen molar-refractivity contribution in [3.05, 3.63) is 68.4 Å². The molecule has 3 heteroatoms. The fourth-order valence-electron chi connectivity index (χ4n) is 2.20. The van der Waals surface area contributed by atoms with Gasteiger partial charge in [0, 0.05) is 0 Å². The highest BCUT2D eigenvalue weighted by Crippen LogP contribution is 2.27. The molecule has 0 amide bonds. The molecule has 19 heavy (non-hydrogen) atoms. The normalized spacial score (nSPS) is 12.5. The van der Waals surface area contributed by atoms with Gasteiger partial charge in [-0.05, 0) is 76.7 Å². The Morgan fingerprint density at radius 3 is 2.26 bits per heavy atom. The summed E-state index contributed by atoms with van der Waals surface area (Å²) in [5, 5.41) is 0. The zero-order valence-corrected chi connectivity index (χ0v) is 12.9. The minimum atomic E-state index is -0.304. The first-order chi connectivity index (χ1) is 8.90. The Kier molecular flexibility index (Phi) is 4.07. The third-order valence-corrected chi connectivity index (χ3v) is 4.16. The van der Waals surface area contributed by atoms with Gasteiger partial charge < -0.3 is 5.73 Å². The number of hydrogen-bond donors (Lipinski definition) is 1. The average Bonchev–Trinajstić information content (AvgIpc) is 2.36. The van der Waals surface area contributed by atoms with E-state index in [1.807, 2.05) is 13.0 Å². The predicted octanol–water partition coefficient (Wildman–Crippen LogP) is 4.56. The van der Waals surface area contributed by atoms with Crippen LogP contribution in [0.4, 0.5) is 4.39 Å². The van der Waals surface area contributed by atoms with Gasteiger partial charge in [-0.15, -0.1) is 0 Å². The Bertz CT molecular complexity index is 622. The van der Waals surface area contributed by atoms with E-state index in [0.29, 0.717) is 4.47 Å². The Morgan fingerprint density at radius 1 is 1.00 bits per heavy atom. The topological polar surface area (TPSA) is 26.0 Å². The highest BCUT2D eigenvalue weighted by atomic mass is 79.9. The van der Waals surface area contributed by atoms with E-state index in [1.54, 1.807) is 6.07 Å². The van der Waals surface area contributed by atoms with Crippen LogP contribution in [0.1, 0.15) is 33.9 Å². The van der Waals surface area contributed by atoms with Crippen molar-refractivity contribution in [3.8, 4) is 0 Å². The summed E-state index contributed by atoms with van der Waals surface area (Å²) >= 11 is 3.15. The van der Waals surface area contributed by atoms with Gasteiger partial charge in [-0.2, -0.15) is 0 Å². The van der Waals surface area contributed by atoms with Gasteiger partial charge in [0.15, 0.2) is 0 Å². The third kappa shape index (κ3) is 2.88. The van der Waals surface area contributed by atoms with Gasteiger partial charge in [0.1, 0.15) is 5.82 Å². The summed E-state index contributed by atoms with van der Waals surface area (Å²) in [6, 6.07) is 8.95. The largest absolute Gasteiger partial charge is 0.320 e. The second-order valence-electron chi connectivity index (χ2n) is 4.94. The smallest absolute Gasteiger partial charge is 0.137 e. The summed E-state index contributed by atoms with van der Waals surface area (Å²) in [6.07, 6.45) is 0. The van der Waals surface area contributed by atoms with Crippen LogP contribution >= 0.6 is 15.9 Å². The van der Waals surface area contributed by atoms with E-state index < -0.39 is 0 Å². The third-order valence-electron chi connectivity index (χ3n) is 3.52. The van der Waals surface area contributed by atoms with Crippen LogP contribution in [0.15, 0.2) is 34.8 Å². The molecule has 1 nitrogen and oxygen atoms in total. The first-order valence-corrected chi connectivity index (χ1v) is 6.97. The maximum atomic E-state index is 13.6. The van der Waals surface area contributed by atoms with Crippen LogP contribution in [-0.4, -0.2) is 0 Å². The molecule has 0 aromatic heterocycles. The van der Waals surface area contributed by atoms with Crippen molar-refractivity contribution in [3.63, 3.8) is 0 Å². The first kappa shape index (κ1) is 14.2. The van der Waals surface area contributed by atoms with Crippen LogP contribution in [0, 0.1) is 26.6 Å². The van der Waals surface area contributed by atoms with Crippen molar-refractivity contribution in [1.82, 2.24) is 0 Å². The van der Waals surface area contributed by atoms with E-state index in [-0.39, 0.29) is 11.9 Å². The quantitative estimate of drug-likeness (QED) is 0.862. The van der Waals surface area contributed by atoms with E-state index in [0.717, 1.165) is 16.7 Å². The van der Waals surface area contributed by atoms with Crippen LogP contribution in [-0.2, 0) is 0 Å². The Morgan fingerprint density at radius 2 is 1.63 bits per heavy atom. The fraction of sp³-hybridized carbons (Fsp3) is 0.250. The average molecular weight is 322 g/mol. The van der Waals surface area contributed by atoms with Crippen LogP contribution < -0.4 is 5.73 Å². The molecule has 1 unspecified atom stereocenters. The van der Waals surface area contributed by atoms with Crippen LogP contribution in [0.5, 0.6) is 0 Å². The van der Waals surface area contributed by atoms with E-state index in [1.165, 1.54) is 17.2 Å². The molecule has 0 aliphatic carbocycles. The molecular formula is C16H17BrFN. The van der Waals surface area contributed by atoms with Gasteiger partial charge in [0.25, 0.3) is 0 Å². The fourth-order valence-corrected chi connectivity index (χ4v) is 2.45. The lowest BCUT2D eigenvalue weighted by Gasteiger charge is -2.17. The number of nitrogens with two attached hydrogens (primary N) is 1. The molecule has 100 valence electrons. The lowest BCUT2D eigenvalue weighted by molar-refractivity contribution is 0.617. The highest BCUT2D eigenvalue weighted by Gasteiger charge is 2.14. The summed E-state index contributed by atoms with van der Waals surface area (Å²) < 4.78 is 14.1. The molecule has 2 rings (SSSR count). The first-order valence-electron chi connectivity index (χ1n) is 6.18. The molecule has 0 heterocycles. The number of halogens is 2. The summed E-state index contributed by atoms with van der Waals surface area (Å²) in [7, 11) is 0. The number of benzene rings is 2. The number of rotatable bonds is 2. The van der Waals surface area contributed by atoms with Gasteiger partial charge in [-0.3, -0.25) is 0 Å². The Hall–Kier alpha value is -1.19. The van der Waals surface area contributed by atoms with Crippen molar-refractivity contribution in [1.29, 1.82) is 0 Å². The molecule has 0 radical (unpaired) electrons. The molecule has 0 saturated heterocycles. The van der Waals surface area contributed by atoms with Crippen LogP contribution in [0.3, 0.4) is 0 Å². The zero-order valence-electron chi connectivity index (χ0n) is 11.3. The van der Waals surface area contributed by atoms with Crippen molar-refractivity contribution >= 4 is 15.9 Å². The van der Waals surface area contributed by atoms with E-state index in [2.05, 4.69) is 41.9 Å². The van der Waals surface area contributed by atoms with Crippen molar-refractivity contribution < 1.29 is 4.39 Å². The second kappa shape index (κ2) is 5.43. The summed E-state index contributed by atoms with van der Waals surface area (Å²) in [4.78, 5) is 0. The lowest BCUT2D eigenvalue weighted by atomic mass is 9.92. The van der Waals surface area contributed by atoms with Crippen LogP contribution in [0.25, 0.3) is 0 Å². The predicted molar refractivity (Wildman–Crippen MR) is 80.8 cm³/mol. The molecule has 2 N–H and O–H groups in total. The standard InChI is InChI=1S/C16H17BrFN/c1-9-6-11(3)13(7-10(9)2)16(19)12-4-5-14(17)15(18)8-12/h4-8,16H,19H2,1-3H3. The molecule has 1 atom stereocenters. The van der Waals surface area contributed by atoms with Gasteiger partial charge in [-0.25, -0.2) is 4.39 Å². The molecule has 0 aliphatic rings. The molecule has 2 aromatic rings. The highest BCUT2D eigenvalue weighted by molar-refractivity contribution is 9.10. The molecule has 0 fully saturated rings. The van der Waals surface area contributed by atoms with Crippen molar-refractivity contribution in [2.45, 2.75) is 26.8 Å². The van der Waals surface area contributed by atoms with E-state index >= 15 is 0 Å². The molecule has 0 spiro atoms. The summed E-state index contributed by atoms with van der Waals surface area (Å²) in [5.74, 6) is -0.283.